The van der Waals surface area contributed by atoms with Gasteiger partial charge in [-0.15, -0.1) is 0 Å². The Balaban J connectivity index is 0.000000956. The summed E-state index contributed by atoms with van der Waals surface area (Å²) in [5, 5.41) is 12.7. The highest BCUT2D eigenvalue weighted by Gasteiger charge is 2.06. The van der Waals surface area contributed by atoms with Crippen LogP contribution < -0.4 is 5.32 Å². The quantitative estimate of drug-likeness (QED) is 0.890. The largest absolute Gasteiger partial charge is 0.340 e. The average Bonchev–Trinajstić information content (AvgIpc) is 2.45. The second kappa shape index (κ2) is 7.46. The van der Waals surface area contributed by atoms with Crippen LogP contribution in [-0.4, -0.2) is 9.97 Å². The number of benzene rings is 1. The summed E-state index contributed by atoms with van der Waals surface area (Å²) in [7, 11) is 0. The molecule has 5 heteroatoms. The molecule has 0 saturated heterocycles. The van der Waals surface area contributed by atoms with Crippen molar-refractivity contribution in [3.05, 3.63) is 46.4 Å². The average molecular weight is 289 g/mol. The van der Waals surface area contributed by atoms with E-state index in [1.54, 1.807) is 12.1 Å². The molecule has 2 aromatic rings. The molecule has 0 aliphatic rings. The molecular formula is C15H17ClN4. The van der Waals surface area contributed by atoms with Crippen molar-refractivity contribution < 1.29 is 0 Å². The van der Waals surface area contributed by atoms with Crippen molar-refractivity contribution in [2.24, 2.45) is 0 Å². The van der Waals surface area contributed by atoms with Gasteiger partial charge in [-0.2, -0.15) is 5.26 Å². The smallest absolute Gasteiger partial charge is 0.133 e. The van der Waals surface area contributed by atoms with E-state index in [9.17, 15) is 0 Å². The molecule has 0 aliphatic carbocycles. The summed E-state index contributed by atoms with van der Waals surface area (Å²) in [5.74, 6) is 0.673. The first-order valence-electron chi connectivity index (χ1n) is 6.36. The van der Waals surface area contributed by atoms with Crippen molar-refractivity contribution in [2.45, 2.75) is 27.7 Å². The van der Waals surface area contributed by atoms with Crippen molar-refractivity contribution in [3.8, 4) is 6.07 Å². The summed E-state index contributed by atoms with van der Waals surface area (Å²) in [6.45, 7) is 7.70. The van der Waals surface area contributed by atoms with E-state index in [2.05, 4.69) is 21.4 Å². The van der Waals surface area contributed by atoms with Crippen molar-refractivity contribution in [2.75, 3.05) is 5.32 Å². The number of nitrogens with zero attached hydrogens (tertiary/aromatic N) is 3. The number of hydrogen-bond acceptors (Lipinski definition) is 4. The third-order valence-corrected chi connectivity index (χ3v) is 2.93. The van der Waals surface area contributed by atoms with E-state index < -0.39 is 0 Å². The van der Waals surface area contributed by atoms with E-state index in [1.165, 1.54) is 6.33 Å². The molecular weight excluding hydrogens is 272 g/mol. The van der Waals surface area contributed by atoms with Crippen molar-refractivity contribution in [3.63, 3.8) is 0 Å². The molecule has 0 radical (unpaired) electrons. The minimum absolute atomic E-state index is 0.552. The van der Waals surface area contributed by atoms with Gasteiger partial charge in [0, 0.05) is 22.5 Å². The van der Waals surface area contributed by atoms with Crippen molar-refractivity contribution in [1.29, 1.82) is 5.26 Å². The van der Waals surface area contributed by atoms with Crippen LogP contribution in [-0.2, 0) is 0 Å². The fourth-order valence-electron chi connectivity index (χ4n) is 1.54. The Hall–Kier alpha value is -2.12. The number of rotatable bonds is 2. The number of nitrogens with one attached hydrogen (secondary N) is 1. The SMILES string of the molecule is CC.Cc1cc(Nc2cc(Cl)c(C)c(C#N)c2)ncn1. The molecule has 0 spiro atoms. The van der Waals surface area contributed by atoms with E-state index in [-0.39, 0.29) is 0 Å². The standard InChI is InChI=1S/C13H11ClN4.C2H6/c1-8-3-13(17-7-16-8)18-11-4-10(6-15)9(2)12(14)5-11;1-2/h3-5,7H,1-2H3,(H,16,17,18);1-2H3. The Labute approximate surface area is 124 Å². The maximum absolute atomic E-state index is 9.02. The van der Waals surface area contributed by atoms with Gasteiger partial charge < -0.3 is 5.32 Å². The third-order valence-electron chi connectivity index (χ3n) is 2.54. The zero-order chi connectivity index (χ0) is 15.1. The lowest BCUT2D eigenvalue weighted by Crippen LogP contribution is -1.97. The van der Waals surface area contributed by atoms with Gasteiger partial charge in [0.25, 0.3) is 0 Å². The van der Waals surface area contributed by atoms with Crippen LogP contribution in [0.25, 0.3) is 0 Å². The molecule has 0 amide bonds. The van der Waals surface area contributed by atoms with E-state index in [4.69, 9.17) is 16.9 Å². The molecule has 1 aromatic carbocycles. The Bertz CT molecular complexity index is 632. The van der Waals surface area contributed by atoms with E-state index in [1.807, 2.05) is 33.8 Å². The maximum Gasteiger partial charge on any atom is 0.133 e. The number of aromatic nitrogens is 2. The lowest BCUT2D eigenvalue weighted by Gasteiger charge is -2.08. The Kier molecular flexibility index (Phi) is 5.95. The summed E-state index contributed by atoms with van der Waals surface area (Å²) in [4.78, 5) is 8.11. The van der Waals surface area contributed by atoms with Crippen LogP contribution in [0, 0.1) is 25.2 Å². The number of aryl methyl sites for hydroxylation is 1. The summed E-state index contributed by atoms with van der Waals surface area (Å²) in [6, 6.07) is 7.46. The first-order chi connectivity index (χ1) is 9.60. The number of hydrogen-bond donors (Lipinski definition) is 1. The van der Waals surface area contributed by atoms with Gasteiger partial charge in [0.1, 0.15) is 12.1 Å². The first-order valence-corrected chi connectivity index (χ1v) is 6.74. The molecule has 4 nitrogen and oxygen atoms in total. The zero-order valence-corrected chi connectivity index (χ0v) is 12.8. The zero-order valence-electron chi connectivity index (χ0n) is 12.0. The number of anilines is 2. The molecule has 0 fully saturated rings. The molecule has 0 unspecified atom stereocenters. The molecule has 0 saturated carbocycles. The number of halogens is 1. The molecule has 0 bridgehead atoms. The Morgan fingerprint density at radius 2 is 1.85 bits per heavy atom. The maximum atomic E-state index is 9.02. The van der Waals surface area contributed by atoms with Crippen molar-refractivity contribution >= 4 is 23.1 Å². The molecule has 0 atom stereocenters. The molecule has 104 valence electrons. The Morgan fingerprint density at radius 3 is 2.45 bits per heavy atom. The molecule has 1 aromatic heterocycles. The van der Waals surface area contributed by atoms with Gasteiger partial charge in [0.05, 0.1) is 11.6 Å². The lowest BCUT2D eigenvalue weighted by molar-refractivity contribution is 1.10. The van der Waals surface area contributed by atoms with Crippen LogP contribution in [0.2, 0.25) is 5.02 Å². The lowest BCUT2D eigenvalue weighted by atomic mass is 10.1. The van der Waals surface area contributed by atoms with Gasteiger partial charge in [-0.25, -0.2) is 9.97 Å². The van der Waals surface area contributed by atoms with Crippen molar-refractivity contribution in [1.82, 2.24) is 9.97 Å². The Morgan fingerprint density at radius 1 is 1.15 bits per heavy atom. The second-order valence-corrected chi connectivity index (χ2v) is 4.32. The predicted octanol–water partition coefficient (Wildman–Crippen LogP) is 4.39. The molecule has 1 N–H and O–H groups in total. The van der Waals surface area contributed by atoms with E-state index in [0.29, 0.717) is 16.4 Å². The van der Waals surface area contributed by atoms with Crippen LogP contribution in [0.15, 0.2) is 24.5 Å². The van der Waals surface area contributed by atoms with E-state index in [0.717, 1.165) is 16.9 Å². The monoisotopic (exact) mass is 288 g/mol. The topological polar surface area (TPSA) is 61.6 Å². The summed E-state index contributed by atoms with van der Waals surface area (Å²) in [6.07, 6.45) is 1.48. The van der Waals surface area contributed by atoms with Crippen LogP contribution in [0.4, 0.5) is 11.5 Å². The van der Waals surface area contributed by atoms with Gasteiger partial charge in [0.2, 0.25) is 0 Å². The summed E-state index contributed by atoms with van der Waals surface area (Å²) in [5.41, 5.74) is 2.94. The summed E-state index contributed by atoms with van der Waals surface area (Å²) >= 11 is 6.07. The van der Waals surface area contributed by atoms with Gasteiger partial charge in [0.15, 0.2) is 0 Å². The fraction of sp³-hybridized carbons (Fsp3) is 0.267. The second-order valence-electron chi connectivity index (χ2n) is 3.91. The normalized spacial score (nSPS) is 9.20. The summed E-state index contributed by atoms with van der Waals surface area (Å²) < 4.78 is 0. The minimum atomic E-state index is 0.552. The molecule has 1 heterocycles. The molecule has 20 heavy (non-hydrogen) atoms. The highest BCUT2D eigenvalue weighted by atomic mass is 35.5. The van der Waals surface area contributed by atoms with Gasteiger partial charge in [-0.1, -0.05) is 25.4 Å². The van der Waals surface area contributed by atoms with Gasteiger partial charge in [-0.3, -0.25) is 0 Å². The van der Waals surface area contributed by atoms with E-state index >= 15 is 0 Å². The molecule has 2 rings (SSSR count). The van der Waals surface area contributed by atoms with Crippen LogP contribution in [0.3, 0.4) is 0 Å². The molecule has 0 aliphatic heterocycles. The van der Waals surface area contributed by atoms with Crippen LogP contribution >= 0.6 is 11.6 Å². The van der Waals surface area contributed by atoms with Crippen LogP contribution in [0.5, 0.6) is 0 Å². The highest BCUT2D eigenvalue weighted by molar-refractivity contribution is 6.31. The van der Waals surface area contributed by atoms with Crippen LogP contribution in [0.1, 0.15) is 30.7 Å². The van der Waals surface area contributed by atoms with Gasteiger partial charge >= 0.3 is 0 Å². The first kappa shape index (κ1) is 15.9. The van der Waals surface area contributed by atoms with Gasteiger partial charge in [-0.05, 0) is 31.5 Å². The fourth-order valence-corrected chi connectivity index (χ4v) is 1.76. The third kappa shape index (κ3) is 3.94. The number of nitriles is 1. The highest BCUT2D eigenvalue weighted by Crippen LogP contribution is 2.25. The predicted molar refractivity (Wildman–Crippen MR) is 82.3 cm³/mol. The minimum Gasteiger partial charge on any atom is -0.340 e.